The molecule has 3 atom stereocenters. The summed E-state index contributed by atoms with van der Waals surface area (Å²) in [6.45, 7) is 7.09. The third-order valence-electron chi connectivity index (χ3n) is 16.5. The fourth-order valence-corrected chi connectivity index (χ4v) is 11.7. The van der Waals surface area contributed by atoms with E-state index in [0.717, 1.165) is 57.8 Å². The Hall–Kier alpha value is -1.25. The van der Waals surface area contributed by atoms with E-state index < -0.39 is 20.0 Å². The molecule has 0 fully saturated rings. The highest BCUT2D eigenvalue weighted by Crippen LogP contribution is 2.43. The Balaban J connectivity index is 5.03. The lowest BCUT2D eigenvalue weighted by Gasteiger charge is -2.27. The molecule has 0 aromatic rings. The molecule has 0 saturated heterocycles. The number of phosphoric ester groups is 1. The van der Waals surface area contributed by atoms with Gasteiger partial charge in [-0.2, -0.15) is 0 Å². The summed E-state index contributed by atoms with van der Waals surface area (Å²) in [5.41, 5.74) is 0. The number of hydrogen-bond acceptors (Lipinski definition) is 6. The second-order valence-corrected chi connectivity index (χ2v) is 27.2. The number of allylic oxidation sites excluding steroid dienone is 1. The molecule has 0 aliphatic rings. The van der Waals surface area contributed by atoms with Gasteiger partial charge in [0, 0.05) is 12.8 Å². The average molecular weight is 1150 g/mol. The number of phosphoric acid groups is 1. The molecule has 80 heavy (non-hydrogen) atoms. The highest BCUT2D eigenvalue weighted by molar-refractivity contribution is 7.47. The predicted molar refractivity (Wildman–Crippen MR) is 347 cm³/mol. The third kappa shape index (κ3) is 61.3. The molecular formula is C70H140N2O7P+. The fraction of sp³-hybridized carbons (Fsp3) is 0.943. The van der Waals surface area contributed by atoms with Crippen LogP contribution in [-0.2, 0) is 27.9 Å². The summed E-state index contributed by atoms with van der Waals surface area (Å²) >= 11 is 0. The van der Waals surface area contributed by atoms with Gasteiger partial charge in [0.25, 0.3) is 0 Å². The van der Waals surface area contributed by atoms with Gasteiger partial charge < -0.3 is 19.4 Å². The largest absolute Gasteiger partial charge is 0.472 e. The molecular weight excluding hydrogens is 1010 g/mol. The van der Waals surface area contributed by atoms with Crippen LogP contribution in [0.2, 0.25) is 0 Å². The number of nitrogens with one attached hydrogen (secondary N) is 1. The molecule has 3 unspecified atom stereocenters. The maximum atomic E-state index is 13.6. The zero-order chi connectivity index (χ0) is 58.6. The Morgan fingerprint density at radius 2 is 0.713 bits per heavy atom. The Morgan fingerprint density at radius 1 is 0.425 bits per heavy atom. The van der Waals surface area contributed by atoms with Crippen LogP contribution >= 0.6 is 7.82 Å². The number of rotatable bonds is 66. The molecule has 0 bridgehead atoms. The van der Waals surface area contributed by atoms with E-state index in [1.807, 2.05) is 27.2 Å². The van der Waals surface area contributed by atoms with Crippen LogP contribution in [0.15, 0.2) is 12.2 Å². The van der Waals surface area contributed by atoms with E-state index >= 15 is 0 Å². The zero-order valence-corrected chi connectivity index (χ0v) is 55.5. The lowest BCUT2D eigenvalue weighted by Crippen LogP contribution is -2.47. The second-order valence-electron chi connectivity index (χ2n) is 25.8. The predicted octanol–water partition coefficient (Wildman–Crippen LogP) is 22.3. The summed E-state index contributed by atoms with van der Waals surface area (Å²) in [5, 5.41) is 3.08. The first-order valence-electron chi connectivity index (χ1n) is 35.5. The monoisotopic (exact) mass is 1150 g/mol. The number of amides is 1. The molecule has 0 aromatic heterocycles. The highest BCUT2D eigenvalue weighted by Gasteiger charge is 2.30. The van der Waals surface area contributed by atoms with Crippen molar-refractivity contribution in [2.24, 2.45) is 0 Å². The number of quaternary nitrogens is 1. The molecule has 0 aromatic carbocycles. The minimum Gasteiger partial charge on any atom is -0.456 e. The van der Waals surface area contributed by atoms with Crippen LogP contribution in [0.5, 0.6) is 0 Å². The number of nitrogens with zero attached hydrogens (tertiary/aromatic N) is 1. The molecule has 10 heteroatoms. The van der Waals surface area contributed by atoms with E-state index in [4.69, 9.17) is 13.8 Å². The molecule has 0 radical (unpaired) electrons. The first-order valence-corrected chi connectivity index (χ1v) is 37.0. The molecule has 0 rings (SSSR count). The van der Waals surface area contributed by atoms with Crippen molar-refractivity contribution in [3.63, 3.8) is 0 Å². The van der Waals surface area contributed by atoms with Gasteiger partial charge >= 0.3 is 13.8 Å². The highest BCUT2D eigenvalue weighted by atomic mass is 31.2. The van der Waals surface area contributed by atoms with Crippen molar-refractivity contribution in [1.29, 1.82) is 0 Å². The van der Waals surface area contributed by atoms with E-state index in [9.17, 15) is 19.0 Å². The van der Waals surface area contributed by atoms with Crippen LogP contribution in [-0.4, -0.2) is 74.3 Å². The first kappa shape index (κ1) is 78.8. The summed E-state index contributed by atoms with van der Waals surface area (Å²) < 4.78 is 30.8. The summed E-state index contributed by atoms with van der Waals surface area (Å²) in [7, 11) is 1.52. The number of esters is 1. The Labute approximate surface area is 499 Å². The van der Waals surface area contributed by atoms with Gasteiger partial charge in [0.15, 0.2) is 0 Å². The van der Waals surface area contributed by atoms with Crippen LogP contribution in [0, 0.1) is 0 Å². The molecule has 0 saturated carbocycles. The summed E-state index contributed by atoms with van der Waals surface area (Å²) in [6.07, 6.45) is 72.2. The van der Waals surface area contributed by atoms with Gasteiger partial charge in [-0.1, -0.05) is 341 Å². The Morgan fingerprint density at radius 3 is 1.02 bits per heavy atom. The standard InChI is InChI=1S/C70H139N2O7P/c1-7-10-13-16-19-22-25-28-30-32-34-35-36-37-39-40-42-44-47-50-53-56-59-62-69(73)71-67(66-78-80(75,76)77-65-64-72(4,5)6)68(61-58-55-52-49-46-27-24-21-18-15-12-9-3)79-70(74)63-60-57-54-51-48-45-43-41-38-33-31-29-26-23-20-17-14-11-8-2/h58,61,67-68H,7-57,59-60,62-66H2,1-6H3,(H-,71,73,75,76)/p+1/b61-58+. The van der Waals surface area contributed by atoms with Crippen molar-refractivity contribution in [3.05, 3.63) is 12.2 Å². The van der Waals surface area contributed by atoms with Gasteiger partial charge in [-0.15, -0.1) is 0 Å². The molecule has 1 amide bonds. The maximum absolute atomic E-state index is 13.6. The number of ether oxygens (including phenoxy) is 1. The minimum atomic E-state index is -4.44. The average Bonchev–Trinajstić information content (AvgIpc) is 3.42. The normalized spacial score (nSPS) is 13.5. The fourth-order valence-electron chi connectivity index (χ4n) is 11.0. The molecule has 2 N–H and O–H groups in total. The van der Waals surface area contributed by atoms with Gasteiger partial charge in [-0.25, -0.2) is 4.57 Å². The SMILES string of the molecule is CCCCCCCCCCCC/C=C/C(OC(=O)CCCCCCCCCCCCCCCCCCCCC)C(COP(=O)(O)OCC[N+](C)(C)C)NC(=O)CCCCCCCCCCCCCCCCCCCCCCCCC. The van der Waals surface area contributed by atoms with Crippen molar-refractivity contribution in [1.82, 2.24) is 5.32 Å². The van der Waals surface area contributed by atoms with Crippen molar-refractivity contribution in [3.8, 4) is 0 Å². The quantitative estimate of drug-likeness (QED) is 0.0205. The van der Waals surface area contributed by atoms with E-state index in [1.54, 1.807) is 0 Å². The van der Waals surface area contributed by atoms with Gasteiger partial charge in [0.1, 0.15) is 19.3 Å². The summed E-state index contributed by atoms with van der Waals surface area (Å²) in [4.78, 5) is 37.9. The smallest absolute Gasteiger partial charge is 0.456 e. The second kappa shape index (κ2) is 60.9. The minimum absolute atomic E-state index is 0.0461. The van der Waals surface area contributed by atoms with Crippen LogP contribution < -0.4 is 5.32 Å². The summed E-state index contributed by atoms with van der Waals surface area (Å²) in [6, 6.07) is -0.840. The van der Waals surface area contributed by atoms with E-state index in [-0.39, 0.29) is 25.1 Å². The number of hydrogen-bond donors (Lipinski definition) is 2. The van der Waals surface area contributed by atoms with Crippen LogP contribution in [0.1, 0.15) is 374 Å². The molecule has 476 valence electrons. The molecule has 9 nitrogen and oxygen atoms in total. The number of likely N-dealkylation sites (N-methyl/N-ethyl adjacent to an activating group) is 1. The molecule has 0 aliphatic carbocycles. The molecule has 0 heterocycles. The number of unbranched alkanes of at least 4 members (excludes halogenated alkanes) is 50. The van der Waals surface area contributed by atoms with Crippen LogP contribution in [0.3, 0.4) is 0 Å². The number of carbonyl (C=O) groups excluding carboxylic acids is 2. The van der Waals surface area contributed by atoms with Crippen molar-refractivity contribution < 1.29 is 37.3 Å². The zero-order valence-electron chi connectivity index (χ0n) is 54.6. The lowest BCUT2D eigenvalue weighted by atomic mass is 10.0. The van der Waals surface area contributed by atoms with Crippen molar-refractivity contribution >= 4 is 19.7 Å². The van der Waals surface area contributed by atoms with E-state index in [0.29, 0.717) is 23.9 Å². The third-order valence-corrected chi connectivity index (χ3v) is 17.5. The molecule has 0 spiro atoms. The van der Waals surface area contributed by atoms with Gasteiger partial charge in [0.05, 0.1) is 33.8 Å². The summed E-state index contributed by atoms with van der Waals surface area (Å²) in [5.74, 6) is -0.477. The van der Waals surface area contributed by atoms with E-state index in [1.165, 1.54) is 283 Å². The Bertz CT molecular complexity index is 1370. The topological polar surface area (TPSA) is 111 Å². The van der Waals surface area contributed by atoms with Gasteiger partial charge in [0.2, 0.25) is 5.91 Å². The number of carbonyl (C=O) groups is 2. The van der Waals surface area contributed by atoms with Crippen molar-refractivity contribution in [2.45, 2.75) is 386 Å². The molecule has 0 aliphatic heterocycles. The van der Waals surface area contributed by atoms with Crippen LogP contribution in [0.25, 0.3) is 0 Å². The first-order chi connectivity index (χ1) is 38.9. The van der Waals surface area contributed by atoms with Crippen molar-refractivity contribution in [2.75, 3.05) is 40.9 Å². The van der Waals surface area contributed by atoms with Gasteiger partial charge in [-0.05, 0) is 31.8 Å². The van der Waals surface area contributed by atoms with E-state index in [2.05, 4.69) is 32.2 Å². The lowest BCUT2D eigenvalue weighted by molar-refractivity contribution is -0.870. The Kier molecular flexibility index (Phi) is 59.9. The maximum Gasteiger partial charge on any atom is 0.472 e. The van der Waals surface area contributed by atoms with Crippen LogP contribution in [0.4, 0.5) is 0 Å². The van der Waals surface area contributed by atoms with Gasteiger partial charge in [-0.3, -0.25) is 18.6 Å².